The Morgan fingerprint density at radius 3 is 3.00 bits per heavy atom. The lowest BCUT2D eigenvalue weighted by atomic mass is 10.5. The van der Waals surface area contributed by atoms with Crippen LogP contribution in [0.2, 0.25) is 0 Å². The highest BCUT2D eigenvalue weighted by atomic mass is 32.1. The first kappa shape index (κ1) is 10.6. The number of likely N-dealkylation sites (N-methyl/N-ethyl adjacent to an activating group) is 1. The van der Waals surface area contributed by atoms with Gasteiger partial charge in [0.2, 0.25) is 0 Å². The molecule has 0 aliphatic carbocycles. The molecular weight excluding hydrogens is 204 g/mol. The van der Waals surface area contributed by atoms with Gasteiger partial charge in [0.15, 0.2) is 11.0 Å². The fourth-order valence-electron chi connectivity index (χ4n) is 0.934. The number of nitro groups is 1. The number of thiazole rings is 1. The van der Waals surface area contributed by atoms with Crippen LogP contribution in [0, 0.1) is 10.1 Å². The number of nitrogens with zero attached hydrogens (tertiary/aromatic N) is 4. The zero-order chi connectivity index (χ0) is 10.6. The van der Waals surface area contributed by atoms with Crippen molar-refractivity contribution in [1.29, 1.82) is 0 Å². The quantitative estimate of drug-likeness (QED) is 0.324. The summed E-state index contributed by atoms with van der Waals surface area (Å²) in [6.45, 7) is -0.285. The molecule has 0 N–H and O–H groups in total. The molecule has 0 saturated heterocycles. The number of hydrogen-bond donors (Lipinski definition) is 0. The van der Waals surface area contributed by atoms with Crippen LogP contribution >= 0.6 is 11.3 Å². The minimum Gasteiger partial charge on any atom is -0.304 e. The Morgan fingerprint density at radius 2 is 2.57 bits per heavy atom. The monoisotopic (exact) mass is 214 g/mol. The standard InChI is InChI=1S/C7H10N4O2S/c1-8-6(5-11(12)13)10(2)7-9-3-4-14-7/h3-4H,5H2,1-2H3. The van der Waals surface area contributed by atoms with E-state index in [0.717, 1.165) is 0 Å². The van der Waals surface area contributed by atoms with Gasteiger partial charge in [0.25, 0.3) is 6.54 Å². The number of anilines is 1. The van der Waals surface area contributed by atoms with Gasteiger partial charge in [0.05, 0.1) is 0 Å². The zero-order valence-corrected chi connectivity index (χ0v) is 8.69. The van der Waals surface area contributed by atoms with E-state index in [-0.39, 0.29) is 6.54 Å². The Hall–Kier alpha value is -1.50. The number of rotatable bonds is 3. The van der Waals surface area contributed by atoms with Crippen LogP contribution in [0.15, 0.2) is 16.6 Å². The molecule has 0 aliphatic rings. The molecule has 0 bridgehead atoms. The van der Waals surface area contributed by atoms with E-state index < -0.39 is 4.92 Å². The van der Waals surface area contributed by atoms with Crippen molar-refractivity contribution in [2.24, 2.45) is 4.99 Å². The molecule has 6 nitrogen and oxygen atoms in total. The molecule has 0 saturated carbocycles. The zero-order valence-electron chi connectivity index (χ0n) is 7.88. The first-order valence-corrected chi connectivity index (χ1v) is 4.73. The molecule has 0 amide bonds. The Kier molecular flexibility index (Phi) is 3.52. The molecule has 1 aromatic rings. The number of aromatic nitrogens is 1. The molecule has 76 valence electrons. The van der Waals surface area contributed by atoms with Crippen LogP contribution in [-0.2, 0) is 0 Å². The minimum atomic E-state index is -0.410. The average Bonchev–Trinajstić information content (AvgIpc) is 2.65. The average molecular weight is 214 g/mol. The first-order chi connectivity index (χ1) is 6.65. The van der Waals surface area contributed by atoms with Crippen LogP contribution in [-0.4, -0.2) is 36.4 Å². The van der Waals surface area contributed by atoms with Gasteiger partial charge in [-0.3, -0.25) is 15.1 Å². The van der Waals surface area contributed by atoms with E-state index in [4.69, 9.17) is 0 Å². The maximum atomic E-state index is 10.3. The number of aliphatic imine (C=N–C) groups is 1. The van der Waals surface area contributed by atoms with Gasteiger partial charge in [0.1, 0.15) is 0 Å². The summed E-state index contributed by atoms with van der Waals surface area (Å²) in [5.41, 5.74) is 0. The summed E-state index contributed by atoms with van der Waals surface area (Å²) in [5.74, 6) is 0.393. The Bertz CT molecular complexity index is 335. The lowest BCUT2D eigenvalue weighted by Gasteiger charge is -2.14. The molecule has 0 unspecified atom stereocenters. The van der Waals surface area contributed by atoms with Crippen LogP contribution in [0.4, 0.5) is 5.13 Å². The normalized spacial score (nSPS) is 11.4. The summed E-state index contributed by atoms with van der Waals surface area (Å²) in [4.78, 5) is 19.4. The lowest BCUT2D eigenvalue weighted by molar-refractivity contribution is -0.463. The predicted molar refractivity (Wildman–Crippen MR) is 55.7 cm³/mol. The van der Waals surface area contributed by atoms with E-state index in [1.807, 2.05) is 5.38 Å². The van der Waals surface area contributed by atoms with E-state index in [0.29, 0.717) is 11.0 Å². The molecule has 7 heteroatoms. The summed E-state index contributed by atoms with van der Waals surface area (Å²) in [7, 11) is 3.24. The first-order valence-electron chi connectivity index (χ1n) is 3.86. The Balaban J connectivity index is 2.76. The van der Waals surface area contributed by atoms with Gasteiger partial charge < -0.3 is 4.90 Å². The summed E-state index contributed by atoms with van der Waals surface area (Å²) < 4.78 is 0. The molecule has 0 aliphatic heterocycles. The van der Waals surface area contributed by atoms with Crippen LogP contribution < -0.4 is 4.90 Å². The van der Waals surface area contributed by atoms with Gasteiger partial charge in [-0.1, -0.05) is 0 Å². The Morgan fingerprint density at radius 1 is 1.86 bits per heavy atom. The highest BCUT2D eigenvalue weighted by molar-refractivity contribution is 7.13. The molecule has 1 heterocycles. The van der Waals surface area contributed by atoms with E-state index in [1.165, 1.54) is 18.4 Å². The van der Waals surface area contributed by atoms with E-state index in [1.54, 1.807) is 18.1 Å². The second kappa shape index (κ2) is 4.66. The van der Waals surface area contributed by atoms with Gasteiger partial charge >= 0.3 is 0 Å². The van der Waals surface area contributed by atoms with Crippen molar-refractivity contribution in [3.63, 3.8) is 0 Å². The van der Waals surface area contributed by atoms with Crippen molar-refractivity contribution >= 4 is 22.3 Å². The molecular formula is C7H10N4O2S. The number of amidine groups is 1. The number of hydrogen-bond acceptors (Lipinski definition) is 5. The second-order valence-electron chi connectivity index (χ2n) is 2.50. The van der Waals surface area contributed by atoms with E-state index in [9.17, 15) is 10.1 Å². The van der Waals surface area contributed by atoms with Crippen LogP contribution in [0.1, 0.15) is 0 Å². The summed E-state index contributed by atoms with van der Waals surface area (Å²) >= 11 is 1.41. The smallest absolute Gasteiger partial charge is 0.260 e. The third-order valence-corrected chi connectivity index (χ3v) is 2.47. The maximum Gasteiger partial charge on any atom is 0.260 e. The van der Waals surface area contributed by atoms with Gasteiger partial charge in [-0.05, 0) is 0 Å². The summed E-state index contributed by atoms with van der Waals surface area (Å²) in [6.07, 6.45) is 1.65. The highest BCUT2D eigenvalue weighted by Crippen LogP contribution is 2.15. The van der Waals surface area contributed by atoms with Crippen molar-refractivity contribution in [3.8, 4) is 0 Å². The van der Waals surface area contributed by atoms with Crippen LogP contribution in [0.5, 0.6) is 0 Å². The SMILES string of the molecule is CN=C(C[N+](=O)[O-])N(C)c1nccs1. The van der Waals surface area contributed by atoms with Crippen molar-refractivity contribution < 1.29 is 4.92 Å². The summed E-state index contributed by atoms with van der Waals surface area (Å²) in [5, 5.41) is 12.8. The molecule has 1 aromatic heterocycles. The van der Waals surface area contributed by atoms with Crippen LogP contribution in [0.3, 0.4) is 0 Å². The second-order valence-corrected chi connectivity index (χ2v) is 3.38. The van der Waals surface area contributed by atoms with Gasteiger partial charge in [-0.25, -0.2) is 4.98 Å². The van der Waals surface area contributed by atoms with E-state index >= 15 is 0 Å². The van der Waals surface area contributed by atoms with Gasteiger partial charge in [0, 0.05) is 30.6 Å². The van der Waals surface area contributed by atoms with Crippen molar-refractivity contribution in [2.45, 2.75) is 0 Å². The van der Waals surface area contributed by atoms with Crippen LogP contribution in [0.25, 0.3) is 0 Å². The maximum absolute atomic E-state index is 10.3. The molecule has 0 radical (unpaired) electrons. The van der Waals surface area contributed by atoms with Crippen molar-refractivity contribution in [1.82, 2.24) is 4.98 Å². The molecule has 0 aromatic carbocycles. The molecule has 14 heavy (non-hydrogen) atoms. The molecule has 1 rings (SSSR count). The predicted octanol–water partition coefficient (Wildman–Crippen LogP) is 0.884. The molecule has 0 spiro atoms. The molecule has 0 atom stereocenters. The molecule has 0 fully saturated rings. The van der Waals surface area contributed by atoms with E-state index in [2.05, 4.69) is 9.98 Å². The summed E-state index contributed by atoms with van der Waals surface area (Å²) in [6, 6.07) is 0. The van der Waals surface area contributed by atoms with Crippen molar-refractivity contribution in [3.05, 3.63) is 21.7 Å². The largest absolute Gasteiger partial charge is 0.304 e. The fourth-order valence-corrected chi connectivity index (χ4v) is 1.56. The lowest BCUT2D eigenvalue weighted by Crippen LogP contribution is -2.32. The highest BCUT2D eigenvalue weighted by Gasteiger charge is 2.15. The fraction of sp³-hybridized carbons (Fsp3) is 0.429. The minimum absolute atomic E-state index is 0.285. The third-order valence-electron chi connectivity index (χ3n) is 1.62. The topological polar surface area (TPSA) is 71.6 Å². The van der Waals surface area contributed by atoms with Crippen molar-refractivity contribution in [2.75, 3.05) is 25.5 Å². The third kappa shape index (κ3) is 2.49. The van der Waals surface area contributed by atoms with Gasteiger partial charge in [-0.15, -0.1) is 11.3 Å². The van der Waals surface area contributed by atoms with Gasteiger partial charge in [-0.2, -0.15) is 0 Å². The Labute approximate surface area is 85.1 Å².